The van der Waals surface area contributed by atoms with Gasteiger partial charge in [0.1, 0.15) is 0 Å². The van der Waals surface area contributed by atoms with Crippen LogP contribution in [-0.2, 0) is 11.3 Å². The first-order valence-corrected chi connectivity index (χ1v) is 8.97. The highest BCUT2D eigenvalue weighted by atomic mass is 32.1. The first-order valence-electron chi connectivity index (χ1n) is 8.09. The fourth-order valence-corrected chi connectivity index (χ4v) is 3.41. The van der Waals surface area contributed by atoms with Crippen molar-refractivity contribution in [2.45, 2.75) is 26.4 Å². The molecule has 0 aliphatic carbocycles. The Kier molecular flexibility index (Phi) is 5.37. The lowest BCUT2D eigenvalue weighted by molar-refractivity contribution is -0.123. The molecule has 1 N–H and O–H groups in total. The topological polar surface area (TPSA) is 50.8 Å². The van der Waals surface area contributed by atoms with Crippen LogP contribution in [0.1, 0.15) is 30.3 Å². The van der Waals surface area contributed by atoms with Crippen molar-refractivity contribution >= 4 is 17.2 Å². The zero-order chi connectivity index (χ0) is 16.9. The minimum Gasteiger partial charge on any atom is -0.454 e. The van der Waals surface area contributed by atoms with Crippen molar-refractivity contribution in [2.24, 2.45) is 0 Å². The number of carbonyl (C=O) groups is 1. The fraction of sp³-hybridized carbons (Fsp3) is 0.389. The van der Waals surface area contributed by atoms with Crippen LogP contribution in [0.4, 0.5) is 0 Å². The van der Waals surface area contributed by atoms with Crippen molar-refractivity contribution in [3.8, 4) is 11.5 Å². The zero-order valence-electron chi connectivity index (χ0n) is 14.0. The Bertz CT molecular complexity index is 688. The third-order valence-electron chi connectivity index (χ3n) is 4.01. The van der Waals surface area contributed by atoms with Crippen molar-refractivity contribution in [1.29, 1.82) is 0 Å². The summed E-state index contributed by atoms with van der Waals surface area (Å²) in [6.45, 7) is 6.23. The maximum absolute atomic E-state index is 12.3. The molecule has 6 heteroatoms. The standard InChI is InChI=1S/C18H22N2O3S/c1-3-20(10-14-6-7-15-16(9-14)23-12-22-15)11-18(21)19-13(2)17-5-4-8-24-17/h4-9,13H,3,10-12H2,1-2H3,(H,19,21). The fourth-order valence-electron chi connectivity index (χ4n) is 2.68. The van der Waals surface area contributed by atoms with E-state index in [9.17, 15) is 4.79 Å². The Hall–Kier alpha value is -2.05. The average molecular weight is 346 g/mol. The SMILES string of the molecule is CCN(CC(=O)NC(C)c1cccs1)Cc1ccc2c(c1)OCO2. The summed E-state index contributed by atoms with van der Waals surface area (Å²) in [7, 11) is 0. The summed E-state index contributed by atoms with van der Waals surface area (Å²) >= 11 is 1.66. The third-order valence-corrected chi connectivity index (χ3v) is 5.06. The Balaban J connectivity index is 1.55. The van der Waals surface area contributed by atoms with Gasteiger partial charge < -0.3 is 14.8 Å². The van der Waals surface area contributed by atoms with Crippen LogP contribution >= 0.6 is 11.3 Å². The molecule has 1 unspecified atom stereocenters. The van der Waals surface area contributed by atoms with Gasteiger partial charge in [-0.25, -0.2) is 0 Å². The minimum absolute atomic E-state index is 0.0403. The van der Waals surface area contributed by atoms with Gasteiger partial charge in [-0.1, -0.05) is 19.1 Å². The summed E-state index contributed by atoms with van der Waals surface area (Å²) in [5, 5.41) is 5.08. The van der Waals surface area contributed by atoms with E-state index >= 15 is 0 Å². The van der Waals surface area contributed by atoms with Crippen molar-refractivity contribution < 1.29 is 14.3 Å². The highest BCUT2D eigenvalue weighted by Gasteiger charge is 2.16. The number of nitrogens with one attached hydrogen (secondary N) is 1. The third kappa shape index (κ3) is 4.07. The molecule has 24 heavy (non-hydrogen) atoms. The molecule has 2 heterocycles. The number of hydrogen-bond acceptors (Lipinski definition) is 5. The zero-order valence-corrected chi connectivity index (χ0v) is 14.8. The van der Waals surface area contributed by atoms with Gasteiger partial charge in [0, 0.05) is 11.4 Å². The molecule has 1 aliphatic rings. The van der Waals surface area contributed by atoms with E-state index in [-0.39, 0.29) is 18.7 Å². The molecular formula is C18H22N2O3S. The van der Waals surface area contributed by atoms with Crippen LogP contribution in [0.5, 0.6) is 11.5 Å². The van der Waals surface area contributed by atoms with E-state index in [0.717, 1.165) is 23.6 Å². The van der Waals surface area contributed by atoms with Crippen LogP contribution in [0.3, 0.4) is 0 Å². The first-order chi connectivity index (χ1) is 11.7. The molecule has 1 aliphatic heterocycles. The van der Waals surface area contributed by atoms with E-state index < -0.39 is 0 Å². The van der Waals surface area contributed by atoms with Gasteiger partial charge in [0.05, 0.1) is 12.6 Å². The summed E-state index contributed by atoms with van der Waals surface area (Å²) in [5.41, 5.74) is 1.11. The monoisotopic (exact) mass is 346 g/mol. The average Bonchev–Trinajstić information content (AvgIpc) is 3.25. The van der Waals surface area contributed by atoms with E-state index in [1.165, 1.54) is 4.88 Å². The van der Waals surface area contributed by atoms with Gasteiger partial charge in [-0.15, -0.1) is 11.3 Å². The van der Waals surface area contributed by atoms with Crippen LogP contribution in [0.25, 0.3) is 0 Å². The largest absolute Gasteiger partial charge is 0.454 e. The molecular weight excluding hydrogens is 324 g/mol. The van der Waals surface area contributed by atoms with Crippen LogP contribution in [0, 0.1) is 0 Å². The van der Waals surface area contributed by atoms with Gasteiger partial charge in [-0.3, -0.25) is 9.69 Å². The Morgan fingerprint density at radius 2 is 2.17 bits per heavy atom. The number of carbonyl (C=O) groups excluding carboxylic acids is 1. The summed E-state index contributed by atoms with van der Waals surface area (Å²) in [6.07, 6.45) is 0. The number of nitrogens with zero attached hydrogens (tertiary/aromatic N) is 1. The lowest BCUT2D eigenvalue weighted by Crippen LogP contribution is -2.37. The number of likely N-dealkylation sites (N-methyl/N-ethyl adjacent to an activating group) is 1. The number of ether oxygens (including phenoxy) is 2. The second-order valence-electron chi connectivity index (χ2n) is 5.80. The number of benzene rings is 1. The quantitative estimate of drug-likeness (QED) is 0.837. The second kappa shape index (κ2) is 7.68. The molecule has 0 saturated heterocycles. The number of hydrogen-bond donors (Lipinski definition) is 1. The second-order valence-corrected chi connectivity index (χ2v) is 6.77. The highest BCUT2D eigenvalue weighted by Crippen LogP contribution is 2.32. The van der Waals surface area contributed by atoms with E-state index in [4.69, 9.17) is 9.47 Å². The Morgan fingerprint density at radius 3 is 2.92 bits per heavy atom. The van der Waals surface area contributed by atoms with Crippen LogP contribution < -0.4 is 14.8 Å². The van der Waals surface area contributed by atoms with Gasteiger partial charge >= 0.3 is 0 Å². The molecule has 1 atom stereocenters. The maximum Gasteiger partial charge on any atom is 0.234 e. The van der Waals surface area contributed by atoms with E-state index in [1.807, 2.05) is 42.6 Å². The van der Waals surface area contributed by atoms with Crippen LogP contribution in [-0.4, -0.2) is 30.7 Å². The van der Waals surface area contributed by atoms with E-state index in [0.29, 0.717) is 13.1 Å². The molecule has 1 aromatic carbocycles. The molecule has 1 amide bonds. The van der Waals surface area contributed by atoms with Crippen LogP contribution in [0.15, 0.2) is 35.7 Å². The molecule has 0 spiro atoms. The Morgan fingerprint density at radius 1 is 1.33 bits per heavy atom. The normalized spacial score (nSPS) is 14.0. The molecule has 0 fully saturated rings. The van der Waals surface area contributed by atoms with E-state index in [2.05, 4.69) is 17.1 Å². The number of amides is 1. The van der Waals surface area contributed by atoms with Gasteiger partial charge in [-0.05, 0) is 42.6 Å². The van der Waals surface area contributed by atoms with Gasteiger partial charge in [0.2, 0.25) is 12.7 Å². The van der Waals surface area contributed by atoms with Crippen LogP contribution in [0.2, 0.25) is 0 Å². The lowest BCUT2D eigenvalue weighted by Gasteiger charge is -2.21. The van der Waals surface area contributed by atoms with Crippen molar-refractivity contribution in [1.82, 2.24) is 10.2 Å². The smallest absolute Gasteiger partial charge is 0.234 e. The lowest BCUT2D eigenvalue weighted by atomic mass is 10.2. The van der Waals surface area contributed by atoms with Gasteiger partial charge in [-0.2, -0.15) is 0 Å². The number of fused-ring (bicyclic) bond motifs is 1. The van der Waals surface area contributed by atoms with Gasteiger partial charge in [0.25, 0.3) is 0 Å². The maximum atomic E-state index is 12.3. The number of rotatable bonds is 7. The van der Waals surface area contributed by atoms with Gasteiger partial charge in [0.15, 0.2) is 11.5 Å². The summed E-state index contributed by atoms with van der Waals surface area (Å²) < 4.78 is 10.7. The summed E-state index contributed by atoms with van der Waals surface area (Å²) in [4.78, 5) is 15.6. The minimum atomic E-state index is 0.0403. The predicted molar refractivity (Wildman–Crippen MR) is 94.4 cm³/mol. The molecule has 2 aromatic rings. The Labute approximate surface area is 146 Å². The highest BCUT2D eigenvalue weighted by molar-refractivity contribution is 7.10. The summed E-state index contributed by atoms with van der Waals surface area (Å²) in [5.74, 6) is 1.60. The number of thiophene rings is 1. The molecule has 1 aromatic heterocycles. The molecule has 5 nitrogen and oxygen atoms in total. The molecule has 0 saturated carbocycles. The molecule has 128 valence electrons. The predicted octanol–water partition coefficient (Wildman–Crippen LogP) is 3.18. The molecule has 0 bridgehead atoms. The first kappa shape index (κ1) is 16.8. The molecule has 0 radical (unpaired) electrons. The van der Waals surface area contributed by atoms with E-state index in [1.54, 1.807) is 11.3 Å². The summed E-state index contributed by atoms with van der Waals surface area (Å²) in [6, 6.07) is 10.0. The van der Waals surface area contributed by atoms with Crippen molar-refractivity contribution in [2.75, 3.05) is 19.9 Å². The van der Waals surface area contributed by atoms with Crippen molar-refractivity contribution in [3.05, 3.63) is 46.2 Å². The molecule has 3 rings (SSSR count). The van der Waals surface area contributed by atoms with Crippen molar-refractivity contribution in [3.63, 3.8) is 0 Å².